The van der Waals surface area contributed by atoms with E-state index in [0.29, 0.717) is 22.4 Å². The minimum absolute atomic E-state index is 0.0374. The Labute approximate surface area is 233 Å². The molecule has 6 amide bonds. The van der Waals surface area contributed by atoms with Crippen molar-refractivity contribution in [3.63, 3.8) is 0 Å². The summed E-state index contributed by atoms with van der Waals surface area (Å²) < 4.78 is 6.59. The van der Waals surface area contributed by atoms with Crippen molar-refractivity contribution in [1.29, 1.82) is 0 Å². The van der Waals surface area contributed by atoms with E-state index in [9.17, 15) is 24.0 Å². The third-order valence-corrected chi connectivity index (χ3v) is 8.74. The number of anilines is 1. The number of urea groups is 1. The van der Waals surface area contributed by atoms with Crippen LogP contribution in [0.1, 0.15) is 76.7 Å². The highest BCUT2D eigenvalue weighted by Gasteiger charge is 2.44. The van der Waals surface area contributed by atoms with E-state index in [1.165, 1.54) is 47.9 Å². The number of fused-ring (bicyclic) bond motifs is 2. The zero-order valence-electron chi connectivity index (χ0n) is 22.1. The lowest BCUT2D eigenvalue weighted by Crippen LogP contribution is -2.54. The summed E-state index contributed by atoms with van der Waals surface area (Å²) in [4.78, 5) is 68.4. The molecule has 1 aromatic heterocycles. The number of methoxy groups -OCH3 is 1. The van der Waals surface area contributed by atoms with Gasteiger partial charge in [0.2, 0.25) is 11.8 Å². The predicted octanol–water partition coefficient (Wildman–Crippen LogP) is 3.64. The number of benzene rings is 2. The number of hydrogen-bond acceptors (Lipinski definition) is 8. The second-order valence-corrected chi connectivity index (χ2v) is 11.8. The number of carbonyl (C=O) groups is 5. The molecular formula is C28H27N5O6S. The molecule has 1 saturated carbocycles. The van der Waals surface area contributed by atoms with Crippen LogP contribution >= 0.6 is 11.3 Å². The first-order valence-electron chi connectivity index (χ1n) is 13.0. The van der Waals surface area contributed by atoms with Crippen molar-refractivity contribution >= 4 is 56.9 Å². The van der Waals surface area contributed by atoms with Gasteiger partial charge in [0.15, 0.2) is 0 Å². The maximum atomic E-state index is 13.1. The van der Waals surface area contributed by atoms with Crippen molar-refractivity contribution in [3.8, 4) is 5.75 Å². The van der Waals surface area contributed by atoms with Crippen LogP contribution in [0, 0.1) is 0 Å². The van der Waals surface area contributed by atoms with Gasteiger partial charge in [-0.05, 0) is 74.9 Å². The van der Waals surface area contributed by atoms with Crippen LogP contribution in [0.2, 0.25) is 0 Å². The van der Waals surface area contributed by atoms with Gasteiger partial charge >= 0.3 is 6.03 Å². The van der Waals surface area contributed by atoms with E-state index in [1.54, 1.807) is 7.11 Å². The predicted molar refractivity (Wildman–Crippen MR) is 146 cm³/mol. The molecule has 206 valence electrons. The summed E-state index contributed by atoms with van der Waals surface area (Å²) in [7, 11) is 1.63. The fourth-order valence-corrected chi connectivity index (χ4v) is 6.23. The van der Waals surface area contributed by atoms with Crippen LogP contribution in [0.3, 0.4) is 0 Å². The van der Waals surface area contributed by atoms with Crippen molar-refractivity contribution in [2.45, 2.75) is 57.0 Å². The Bertz CT molecular complexity index is 1620. The van der Waals surface area contributed by atoms with Crippen LogP contribution in [0.4, 0.5) is 10.5 Å². The van der Waals surface area contributed by atoms with Gasteiger partial charge in [-0.15, -0.1) is 11.3 Å². The third kappa shape index (κ3) is 4.47. The SMILES string of the molecule is COc1cc(C2CC2)cc2sc(C(C)(C)NC(=O)Nc3ccc4c(c3)C(=O)N(C3CCC(=O)NC3=O)C4=O)nc12. The summed E-state index contributed by atoms with van der Waals surface area (Å²) in [6, 6.07) is 6.99. The number of piperidine rings is 1. The lowest BCUT2D eigenvalue weighted by molar-refractivity contribution is -0.136. The molecule has 11 nitrogen and oxygen atoms in total. The maximum absolute atomic E-state index is 13.1. The highest BCUT2D eigenvalue weighted by Crippen LogP contribution is 2.44. The second-order valence-electron chi connectivity index (χ2n) is 10.8. The average molecular weight is 562 g/mol. The van der Waals surface area contributed by atoms with Crippen molar-refractivity contribution in [1.82, 2.24) is 20.5 Å². The lowest BCUT2D eigenvalue weighted by Gasteiger charge is -2.27. The number of nitrogens with one attached hydrogen (secondary N) is 3. The summed E-state index contributed by atoms with van der Waals surface area (Å²) in [5.41, 5.74) is 1.68. The van der Waals surface area contributed by atoms with Gasteiger partial charge in [0.25, 0.3) is 11.8 Å². The molecule has 0 spiro atoms. The standard InChI is InChI=1S/C28H27N5O6S/c1-28(2,26-31-22-19(39-3)10-14(13-4-5-13)11-20(22)40-26)32-27(38)29-15-6-7-16-17(12-15)25(37)33(24(16)36)18-8-9-21(34)30-23(18)35/h6-7,10-13,18H,4-5,8-9H2,1-3H3,(H2,29,32,38)(H,30,34,35). The summed E-state index contributed by atoms with van der Waals surface area (Å²) in [5.74, 6) is -1.10. The Kier molecular flexibility index (Phi) is 6.10. The largest absolute Gasteiger partial charge is 0.494 e. The van der Waals surface area contributed by atoms with E-state index >= 15 is 0 Å². The molecule has 3 N–H and O–H groups in total. The number of aromatic nitrogens is 1. The van der Waals surface area contributed by atoms with Crippen molar-refractivity contribution in [3.05, 3.63) is 52.0 Å². The number of amides is 6. The Morgan fingerprint density at radius 1 is 1.07 bits per heavy atom. The Morgan fingerprint density at radius 2 is 1.82 bits per heavy atom. The Hall–Kier alpha value is -4.32. The summed E-state index contributed by atoms with van der Waals surface area (Å²) in [6.45, 7) is 3.70. The normalized spacial score (nSPS) is 19.1. The van der Waals surface area contributed by atoms with Gasteiger partial charge in [0.1, 0.15) is 22.3 Å². The minimum atomic E-state index is -1.06. The van der Waals surface area contributed by atoms with Gasteiger partial charge in [-0.25, -0.2) is 9.78 Å². The molecule has 2 aromatic carbocycles. The number of rotatable bonds is 6. The van der Waals surface area contributed by atoms with E-state index in [2.05, 4.69) is 22.0 Å². The zero-order chi connectivity index (χ0) is 28.3. The van der Waals surface area contributed by atoms with Crippen molar-refractivity contribution < 1.29 is 28.7 Å². The molecular weight excluding hydrogens is 534 g/mol. The van der Waals surface area contributed by atoms with Gasteiger partial charge in [-0.2, -0.15) is 0 Å². The van der Waals surface area contributed by atoms with Gasteiger partial charge < -0.3 is 15.4 Å². The molecule has 1 atom stereocenters. The van der Waals surface area contributed by atoms with Crippen LogP contribution in [0.15, 0.2) is 30.3 Å². The minimum Gasteiger partial charge on any atom is -0.494 e. The molecule has 2 fully saturated rings. The fourth-order valence-electron chi connectivity index (χ4n) is 5.14. The summed E-state index contributed by atoms with van der Waals surface area (Å²) in [6.07, 6.45) is 2.45. The molecule has 0 radical (unpaired) electrons. The van der Waals surface area contributed by atoms with Crippen LogP contribution < -0.4 is 20.7 Å². The number of carbonyl (C=O) groups excluding carboxylic acids is 5. The smallest absolute Gasteiger partial charge is 0.319 e. The number of nitrogens with zero attached hydrogens (tertiary/aromatic N) is 2. The lowest BCUT2D eigenvalue weighted by atomic mass is 10.0. The fraction of sp³-hybridized carbons (Fsp3) is 0.357. The van der Waals surface area contributed by atoms with Crippen LogP contribution in [0.25, 0.3) is 10.2 Å². The zero-order valence-corrected chi connectivity index (χ0v) is 22.9. The summed E-state index contributed by atoms with van der Waals surface area (Å²) in [5, 5.41) is 8.54. The first-order valence-corrected chi connectivity index (χ1v) is 13.8. The Balaban J connectivity index is 1.18. The molecule has 3 aliphatic rings. The molecule has 3 aromatic rings. The van der Waals surface area contributed by atoms with Crippen LogP contribution in [-0.2, 0) is 15.1 Å². The molecule has 0 bridgehead atoms. The second kappa shape index (κ2) is 9.40. The third-order valence-electron chi connectivity index (χ3n) is 7.41. The number of imide groups is 2. The van der Waals surface area contributed by atoms with E-state index < -0.39 is 41.2 Å². The molecule has 12 heteroatoms. The molecule has 2 aliphatic heterocycles. The first kappa shape index (κ1) is 25.9. The molecule has 3 heterocycles. The number of hydrogen-bond donors (Lipinski definition) is 3. The van der Waals surface area contributed by atoms with Crippen LogP contribution in [0.5, 0.6) is 5.75 Å². The molecule has 1 saturated heterocycles. The highest BCUT2D eigenvalue weighted by atomic mass is 32.1. The van der Waals surface area contributed by atoms with Gasteiger partial charge in [0, 0.05) is 12.1 Å². The molecule has 40 heavy (non-hydrogen) atoms. The van der Waals surface area contributed by atoms with Crippen molar-refractivity contribution in [2.24, 2.45) is 0 Å². The van der Waals surface area contributed by atoms with Crippen LogP contribution in [-0.4, -0.2) is 52.7 Å². The van der Waals surface area contributed by atoms with E-state index in [1.807, 2.05) is 19.9 Å². The topological polar surface area (TPSA) is 147 Å². The monoisotopic (exact) mass is 561 g/mol. The molecule has 1 unspecified atom stereocenters. The average Bonchev–Trinajstić information content (AvgIpc) is 3.61. The number of thiazole rings is 1. The Morgan fingerprint density at radius 3 is 2.52 bits per heavy atom. The quantitative estimate of drug-likeness (QED) is 0.389. The summed E-state index contributed by atoms with van der Waals surface area (Å²) >= 11 is 1.50. The van der Waals surface area contributed by atoms with E-state index in [-0.39, 0.29) is 24.0 Å². The first-order chi connectivity index (χ1) is 19.1. The molecule has 1 aliphatic carbocycles. The van der Waals surface area contributed by atoms with E-state index in [4.69, 9.17) is 9.72 Å². The van der Waals surface area contributed by atoms with E-state index in [0.717, 1.165) is 15.1 Å². The highest BCUT2D eigenvalue weighted by molar-refractivity contribution is 7.18. The maximum Gasteiger partial charge on any atom is 0.319 e. The van der Waals surface area contributed by atoms with Crippen molar-refractivity contribution in [2.75, 3.05) is 12.4 Å². The molecule has 6 rings (SSSR count). The number of ether oxygens (including phenoxy) is 1. The van der Waals surface area contributed by atoms with Gasteiger partial charge in [0.05, 0.1) is 28.5 Å². The van der Waals surface area contributed by atoms with Gasteiger partial charge in [-0.3, -0.25) is 29.4 Å². The van der Waals surface area contributed by atoms with Gasteiger partial charge in [-0.1, -0.05) is 0 Å².